The Balaban J connectivity index is 1.70. The van der Waals surface area contributed by atoms with Gasteiger partial charge in [-0.05, 0) is 38.0 Å². The van der Waals surface area contributed by atoms with Crippen LogP contribution in [0.15, 0.2) is 11.4 Å². The number of nitrogens with zero attached hydrogens (tertiary/aromatic N) is 2. The average molecular weight is 280 g/mol. The molecule has 0 N–H and O–H groups in total. The molecule has 106 valence electrons. The van der Waals surface area contributed by atoms with Gasteiger partial charge in [-0.1, -0.05) is 0 Å². The zero-order valence-corrected chi connectivity index (χ0v) is 13.0. The van der Waals surface area contributed by atoms with Gasteiger partial charge >= 0.3 is 0 Å². The molecule has 0 unspecified atom stereocenters. The Labute approximate surface area is 120 Å². The lowest BCUT2D eigenvalue weighted by Gasteiger charge is -2.30. The van der Waals surface area contributed by atoms with Crippen LogP contribution in [-0.2, 0) is 11.3 Å². The molecule has 2 fully saturated rings. The molecule has 0 aromatic carbocycles. The van der Waals surface area contributed by atoms with Crippen molar-refractivity contribution in [1.82, 2.24) is 9.80 Å². The smallest absolute Gasteiger partial charge is 0.0551 e. The van der Waals surface area contributed by atoms with E-state index in [2.05, 4.69) is 42.3 Å². The van der Waals surface area contributed by atoms with Gasteiger partial charge in [0.2, 0.25) is 0 Å². The molecular formula is C15H24N2OS. The summed E-state index contributed by atoms with van der Waals surface area (Å²) in [5.74, 6) is 0.718. The molecule has 0 spiro atoms. The van der Waals surface area contributed by atoms with E-state index in [1.165, 1.54) is 23.5 Å². The van der Waals surface area contributed by atoms with E-state index in [-0.39, 0.29) is 0 Å². The van der Waals surface area contributed by atoms with Crippen LogP contribution in [0.4, 0.5) is 0 Å². The molecule has 0 radical (unpaired) electrons. The van der Waals surface area contributed by atoms with Crippen LogP contribution in [0.5, 0.6) is 0 Å². The summed E-state index contributed by atoms with van der Waals surface area (Å²) in [5, 5.41) is 2.21. The van der Waals surface area contributed by atoms with Crippen molar-refractivity contribution in [3.05, 3.63) is 21.9 Å². The van der Waals surface area contributed by atoms with E-state index in [9.17, 15) is 0 Å². The van der Waals surface area contributed by atoms with Gasteiger partial charge in [-0.25, -0.2) is 0 Å². The van der Waals surface area contributed by atoms with Crippen LogP contribution in [0.25, 0.3) is 0 Å². The minimum atomic E-state index is 0.370. The van der Waals surface area contributed by atoms with Crippen molar-refractivity contribution < 1.29 is 4.74 Å². The summed E-state index contributed by atoms with van der Waals surface area (Å²) in [6, 6.07) is 2.23. The number of thiophene rings is 1. The Morgan fingerprint density at radius 1 is 1.53 bits per heavy atom. The van der Waals surface area contributed by atoms with Crippen LogP contribution in [0.3, 0.4) is 0 Å². The second-order valence-corrected chi connectivity index (χ2v) is 7.51. The van der Waals surface area contributed by atoms with Crippen LogP contribution >= 0.6 is 11.3 Å². The Hall–Kier alpha value is -0.420. The first-order valence-electron chi connectivity index (χ1n) is 7.07. The number of ether oxygens (including phenoxy) is 1. The van der Waals surface area contributed by atoms with E-state index in [4.69, 9.17) is 4.74 Å². The van der Waals surface area contributed by atoms with Gasteiger partial charge in [0.1, 0.15) is 0 Å². The number of hydrogen-bond acceptors (Lipinski definition) is 4. The second-order valence-electron chi connectivity index (χ2n) is 6.51. The lowest BCUT2D eigenvalue weighted by Crippen LogP contribution is -2.40. The maximum absolute atomic E-state index is 5.77. The standard InChI is InChI=1S/C15H24N2OS/c1-12-4-5-19-14(12)7-17-6-13-8-18-11-15(13,10-17)9-16(2)3/h4-5,13H,6-11H2,1-3H3/t13-,15+/m0/s1. The maximum atomic E-state index is 5.77. The molecule has 2 aliphatic rings. The molecule has 2 aliphatic heterocycles. The Morgan fingerprint density at radius 2 is 2.37 bits per heavy atom. The van der Waals surface area contributed by atoms with Crippen LogP contribution < -0.4 is 0 Å². The first-order chi connectivity index (χ1) is 9.09. The molecule has 1 aromatic heterocycles. The van der Waals surface area contributed by atoms with Gasteiger partial charge in [0.15, 0.2) is 0 Å². The van der Waals surface area contributed by atoms with Crippen LogP contribution in [0.1, 0.15) is 10.4 Å². The molecule has 3 heterocycles. The molecule has 1 aromatic rings. The number of likely N-dealkylation sites (tertiary alicyclic amines) is 1. The summed E-state index contributed by atoms with van der Waals surface area (Å²) >= 11 is 1.89. The van der Waals surface area contributed by atoms with Crippen molar-refractivity contribution in [2.75, 3.05) is 46.9 Å². The van der Waals surface area contributed by atoms with Gasteiger partial charge in [-0.2, -0.15) is 0 Å². The number of hydrogen-bond donors (Lipinski definition) is 0. The highest BCUT2D eigenvalue weighted by Crippen LogP contribution is 2.42. The molecular weight excluding hydrogens is 256 g/mol. The third-order valence-electron chi connectivity index (χ3n) is 4.56. The topological polar surface area (TPSA) is 15.7 Å². The lowest BCUT2D eigenvalue weighted by molar-refractivity contribution is 0.110. The molecule has 3 rings (SSSR count). The van der Waals surface area contributed by atoms with Crippen molar-refractivity contribution in [3.8, 4) is 0 Å². The minimum Gasteiger partial charge on any atom is -0.380 e. The summed E-state index contributed by atoms with van der Waals surface area (Å²) in [6.45, 7) is 8.77. The molecule has 3 nitrogen and oxygen atoms in total. The molecule has 2 saturated heterocycles. The monoisotopic (exact) mass is 280 g/mol. The molecule has 0 bridgehead atoms. The number of rotatable bonds is 4. The quantitative estimate of drug-likeness (QED) is 0.840. The Bertz CT molecular complexity index is 445. The third kappa shape index (κ3) is 2.59. The molecule has 19 heavy (non-hydrogen) atoms. The van der Waals surface area contributed by atoms with E-state index < -0.39 is 0 Å². The normalized spacial score (nSPS) is 31.3. The molecule has 2 atom stereocenters. The fraction of sp³-hybridized carbons (Fsp3) is 0.733. The zero-order chi connectivity index (χ0) is 13.5. The van der Waals surface area contributed by atoms with Crippen molar-refractivity contribution >= 4 is 11.3 Å². The Morgan fingerprint density at radius 3 is 3.05 bits per heavy atom. The van der Waals surface area contributed by atoms with E-state index in [0.717, 1.165) is 32.2 Å². The van der Waals surface area contributed by atoms with E-state index in [0.29, 0.717) is 5.41 Å². The van der Waals surface area contributed by atoms with E-state index in [1.807, 2.05) is 11.3 Å². The number of fused-ring (bicyclic) bond motifs is 1. The molecule has 0 saturated carbocycles. The summed E-state index contributed by atoms with van der Waals surface area (Å²) in [5.41, 5.74) is 1.81. The van der Waals surface area contributed by atoms with Gasteiger partial charge in [-0.3, -0.25) is 4.90 Å². The van der Waals surface area contributed by atoms with Gasteiger partial charge < -0.3 is 9.64 Å². The van der Waals surface area contributed by atoms with Crippen molar-refractivity contribution in [1.29, 1.82) is 0 Å². The largest absolute Gasteiger partial charge is 0.380 e. The van der Waals surface area contributed by atoms with Crippen molar-refractivity contribution in [2.24, 2.45) is 11.3 Å². The third-order valence-corrected chi connectivity index (χ3v) is 5.57. The van der Waals surface area contributed by atoms with Gasteiger partial charge in [-0.15, -0.1) is 11.3 Å². The van der Waals surface area contributed by atoms with Gasteiger partial charge in [0, 0.05) is 42.4 Å². The highest BCUT2D eigenvalue weighted by atomic mass is 32.1. The maximum Gasteiger partial charge on any atom is 0.0551 e. The van der Waals surface area contributed by atoms with Crippen LogP contribution in [-0.4, -0.2) is 56.7 Å². The average Bonchev–Trinajstić information content (AvgIpc) is 2.94. The van der Waals surface area contributed by atoms with Crippen LogP contribution in [0.2, 0.25) is 0 Å². The summed E-state index contributed by atoms with van der Waals surface area (Å²) in [4.78, 5) is 6.48. The predicted molar refractivity (Wildman–Crippen MR) is 79.6 cm³/mol. The molecule has 0 amide bonds. The predicted octanol–water partition coefficient (Wildman–Crippen LogP) is 2.07. The van der Waals surface area contributed by atoms with Crippen molar-refractivity contribution in [3.63, 3.8) is 0 Å². The first-order valence-corrected chi connectivity index (χ1v) is 7.95. The summed E-state index contributed by atoms with van der Waals surface area (Å²) in [6.07, 6.45) is 0. The summed E-state index contributed by atoms with van der Waals surface area (Å²) in [7, 11) is 4.35. The minimum absolute atomic E-state index is 0.370. The van der Waals surface area contributed by atoms with E-state index in [1.54, 1.807) is 0 Å². The Kier molecular flexibility index (Phi) is 3.69. The van der Waals surface area contributed by atoms with Gasteiger partial charge in [0.25, 0.3) is 0 Å². The zero-order valence-electron chi connectivity index (χ0n) is 12.2. The highest BCUT2D eigenvalue weighted by molar-refractivity contribution is 7.10. The highest BCUT2D eigenvalue weighted by Gasteiger charge is 2.50. The fourth-order valence-corrected chi connectivity index (χ4v) is 4.63. The van der Waals surface area contributed by atoms with Crippen molar-refractivity contribution in [2.45, 2.75) is 13.5 Å². The number of aryl methyl sites for hydroxylation is 1. The lowest BCUT2D eigenvalue weighted by atomic mass is 9.81. The second kappa shape index (κ2) is 5.17. The van der Waals surface area contributed by atoms with Gasteiger partial charge in [0.05, 0.1) is 13.2 Å². The van der Waals surface area contributed by atoms with Crippen LogP contribution in [0, 0.1) is 18.3 Å². The SMILES string of the molecule is Cc1ccsc1CN1C[C@H]2COC[C@@]2(CN(C)C)C1. The first kappa shape index (κ1) is 13.6. The summed E-state index contributed by atoms with van der Waals surface area (Å²) < 4.78 is 5.77. The van der Waals surface area contributed by atoms with E-state index >= 15 is 0 Å². The fourth-order valence-electron chi connectivity index (χ4n) is 3.69. The molecule has 0 aliphatic carbocycles. The molecule has 4 heteroatoms.